The minimum Gasteiger partial charge on any atom is -0.489 e. The highest BCUT2D eigenvalue weighted by molar-refractivity contribution is 5.87. The van der Waals surface area contributed by atoms with E-state index in [-0.39, 0.29) is 12.4 Å². The summed E-state index contributed by atoms with van der Waals surface area (Å²) < 4.78 is 16.1. The summed E-state index contributed by atoms with van der Waals surface area (Å²) in [6.07, 6.45) is 0.855. The number of hydrogen-bond donors (Lipinski definition) is 0. The van der Waals surface area contributed by atoms with Crippen LogP contribution in [0.15, 0.2) is 46.9 Å². The van der Waals surface area contributed by atoms with E-state index in [0.717, 1.165) is 22.1 Å². The molecule has 0 aliphatic carbocycles. The van der Waals surface area contributed by atoms with Gasteiger partial charge in [-0.1, -0.05) is 18.2 Å². The van der Waals surface area contributed by atoms with Crippen LogP contribution >= 0.6 is 0 Å². The molecule has 0 aliphatic heterocycles. The largest absolute Gasteiger partial charge is 0.489 e. The van der Waals surface area contributed by atoms with E-state index in [0.29, 0.717) is 30.0 Å². The smallest absolute Gasteiger partial charge is 0.310 e. The molecule has 0 fully saturated rings. The molecule has 1 heterocycles. The average Bonchev–Trinajstić information content (AvgIpc) is 3.05. The number of carbonyl (C=O) groups is 2. The van der Waals surface area contributed by atoms with Crippen LogP contribution in [0.25, 0.3) is 11.0 Å². The summed E-state index contributed by atoms with van der Waals surface area (Å²) in [6.45, 7) is 2.27. The van der Waals surface area contributed by atoms with Crippen LogP contribution in [-0.4, -0.2) is 19.4 Å². The third kappa shape index (κ3) is 3.71. The molecule has 0 saturated heterocycles. The van der Waals surface area contributed by atoms with Gasteiger partial charge in [0.15, 0.2) is 12.0 Å². The molecule has 5 heteroatoms. The second kappa shape index (κ2) is 7.21. The zero-order chi connectivity index (χ0) is 17.8. The van der Waals surface area contributed by atoms with Gasteiger partial charge in [0.2, 0.25) is 0 Å². The Morgan fingerprint density at radius 2 is 2.00 bits per heavy atom. The number of fused-ring (bicyclic) bond motifs is 1. The number of furan rings is 1. The van der Waals surface area contributed by atoms with Crippen molar-refractivity contribution in [1.29, 1.82) is 0 Å². The van der Waals surface area contributed by atoms with Crippen molar-refractivity contribution < 1.29 is 23.5 Å². The monoisotopic (exact) mass is 338 g/mol. The zero-order valence-corrected chi connectivity index (χ0v) is 14.1. The lowest BCUT2D eigenvalue weighted by Crippen LogP contribution is -2.06. The van der Waals surface area contributed by atoms with E-state index in [1.807, 2.05) is 43.3 Å². The standard InChI is InChI=1S/C20H18O5/c1-13-7-14(8-16-9-17(11-21)25-20(13)16)12-24-18-6-4-3-5-15(18)10-19(22)23-2/h3-9,11H,10,12H2,1-2H3. The molecule has 0 amide bonds. The Morgan fingerprint density at radius 1 is 1.20 bits per heavy atom. The van der Waals surface area contributed by atoms with Gasteiger partial charge in [-0.3, -0.25) is 9.59 Å². The number of benzene rings is 2. The molecular weight excluding hydrogens is 320 g/mol. The van der Waals surface area contributed by atoms with Crippen molar-refractivity contribution in [1.82, 2.24) is 0 Å². The third-order valence-electron chi connectivity index (χ3n) is 3.93. The predicted octanol–water partition coefficient (Wildman–Crippen LogP) is 3.85. The number of aryl methyl sites for hydroxylation is 1. The van der Waals surface area contributed by atoms with Crippen LogP contribution in [0.5, 0.6) is 5.75 Å². The second-order valence-electron chi connectivity index (χ2n) is 5.75. The van der Waals surface area contributed by atoms with Gasteiger partial charge in [0.1, 0.15) is 17.9 Å². The first-order chi connectivity index (χ1) is 12.1. The molecule has 3 aromatic rings. The van der Waals surface area contributed by atoms with Crippen molar-refractivity contribution >= 4 is 23.2 Å². The van der Waals surface area contributed by atoms with E-state index in [2.05, 4.69) is 0 Å². The first-order valence-corrected chi connectivity index (χ1v) is 7.86. The van der Waals surface area contributed by atoms with Crippen LogP contribution in [0.3, 0.4) is 0 Å². The molecule has 0 unspecified atom stereocenters. The number of aldehydes is 1. The molecule has 0 saturated carbocycles. The molecule has 25 heavy (non-hydrogen) atoms. The molecule has 0 radical (unpaired) electrons. The van der Waals surface area contributed by atoms with Crippen LogP contribution in [-0.2, 0) is 22.6 Å². The van der Waals surface area contributed by atoms with Crippen LogP contribution in [0, 0.1) is 6.92 Å². The highest BCUT2D eigenvalue weighted by Crippen LogP contribution is 2.26. The maximum Gasteiger partial charge on any atom is 0.310 e. The summed E-state index contributed by atoms with van der Waals surface area (Å²) in [4.78, 5) is 22.4. The van der Waals surface area contributed by atoms with Crippen molar-refractivity contribution in [3.05, 3.63) is 64.9 Å². The minimum absolute atomic E-state index is 0.162. The first kappa shape index (κ1) is 16.8. The summed E-state index contributed by atoms with van der Waals surface area (Å²) in [7, 11) is 1.36. The fourth-order valence-corrected chi connectivity index (χ4v) is 2.75. The Labute approximate surface area is 145 Å². The Kier molecular flexibility index (Phi) is 4.84. The van der Waals surface area contributed by atoms with Crippen molar-refractivity contribution in [3.8, 4) is 5.75 Å². The second-order valence-corrected chi connectivity index (χ2v) is 5.75. The van der Waals surface area contributed by atoms with Gasteiger partial charge in [-0.2, -0.15) is 0 Å². The Hall–Kier alpha value is -3.08. The van der Waals surface area contributed by atoms with Crippen molar-refractivity contribution in [2.24, 2.45) is 0 Å². The van der Waals surface area contributed by atoms with Crippen LogP contribution in [0.4, 0.5) is 0 Å². The van der Waals surface area contributed by atoms with Gasteiger partial charge < -0.3 is 13.9 Å². The molecule has 3 rings (SSSR count). The number of hydrogen-bond acceptors (Lipinski definition) is 5. The van der Waals surface area contributed by atoms with Crippen LogP contribution < -0.4 is 4.74 Å². The van der Waals surface area contributed by atoms with Gasteiger partial charge in [-0.05, 0) is 42.3 Å². The van der Waals surface area contributed by atoms with Gasteiger partial charge in [-0.15, -0.1) is 0 Å². The average molecular weight is 338 g/mol. The van der Waals surface area contributed by atoms with Gasteiger partial charge in [0.25, 0.3) is 0 Å². The summed E-state index contributed by atoms with van der Waals surface area (Å²) in [5.41, 5.74) is 3.37. The fourth-order valence-electron chi connectivity index (χ4n) is 2.75. The number of rotatable bonds is 6. The number of ether oxygens (including phenoxy) is 2. The molecule has 1 aromatic heterocycles. The van der Waals surface area contributed by atoms with Crippen LogP contribution in [0.1, 0.15) is 27.2 Å². The van der Waals surface area contributed by atoms with E-state index in [9.17, 15) is 9.59 Å². The Morgan fingerprint density at radius 3 is 2.76 bits per heavy atom. The quantitative estimate of drug-likeness (QED) is 0.504. The molecule has 0 atom stereocenters. The summed E-state index contributed by atoms with van der Waals surface area (Å²) in [5.74, 6) is 0.638. The van der Waals surface area contributed by atoms with Crippen LogP contribution in [0.2, 0.25) is 0 Å². The van der Waals surface area contributed by atoms with E-state index in [1.54, 1.807) is 6.07 Å². The molecule has 0 N–H and O–H groups in total. The van der Waals surface area contributed by atoms with Crippen molar-refractivity contribution in [2.75, 3.05) is 7.11 Å². The Bertz CT molecular complexity index is 923. The van der Waals surface area contributed by atoms with Crippen molar-refractivity contribution in [2.45, 2.75) is 20.0 Å². The maximum absolute atomic E-state index is 11.5. The molecule has 128 valence electrons. The lowest BCUT2D eigenvalue weighted by molar-refractivity contribution is -0.139. The Balaban J connectivity index is 1.81. The number of carbonyl (C=O) groups excluding carboxylic acids is 2. The molecular formula is C20H18O5. The normalized spacial score (nSPS) is 10.6. The van der Waals surface area contributed by atoms with Gasteiger partial charge in [0.05, 0.1) is 13.5 Å². The van der Waals surface area contributed by atoms with Crippen molar-refractivity contribution in [3.63, 3.8) is 0 Å². The minimum atomic E-state index is -0.312. The van der Waals surface area contributed by atoms with E-state index in [1.165, 1.54) is 7.11 Å². The number of esters is 1. The lowest BCUT2D eigenvalue weighted by atomic mass is 10.1. The van der Waals surface area contributed by atoms with Gasteiger partial charge in [0, 0.05) is 10.9 Å². The highest BCUT2D eigenvalue weighted by atomic mass is 16.5. The summed E-state index contributed by atoms with van der Waals surface area (Å²) >= 11 is 0. The first-order valence-electron chi connectivity index (χ1n) is 7.86. The fraction of sp³-hybridized carbons (Fsp3) is 0.200. The highest BCUT2D eigenvalue weighted by Gasteiger charge is 2.11. The zero-order valence-electron chi connectivity index (χ0n) is 14.1. The topological polar surface area (TPSA) is 65.7 Å². The third-order valence-corrected chi connectivity index (χ3v) is 3.93. The van der Waals surface area contributed by atoms with Gasteiger partial charge >= 0.3 is 5.97 Å². The molecule has 0 bridgehead atoms. The number of para-hydroxylation sites is 1. The van der Waals surface area contributed by atoms with Gasteiger partial charge in [-0.25, -0.2) is 0 Å². The summed E-state index contributed by atoms with van der Waals surface area (Å²) in [6, 6.07) is 13.0. The maximum atomic E-state index is 11.5. The number of methoxy groups -OCH3 is 1. The molecule has 2 aromatic carbocycles. The van der Waals surface area contributed by atoms with E-state index in [4.69, 9.17) is 13.9 Å². The lowest BCUT2D eigenvalue weighted by Gasteiger charge is -2.11. The SMILES string of the molecule is COC(=O)Cc1ccccc1OCc1cc(C)c2oc(C=O)cc2c1. The molecule has 0 spiro atoms. The van der Waals surface area contributed by atoms with E-state index >= 15 is 0 Å². The molecule has 0 aliphatic rings. The molecule has 5 nitrogen and oxygen atoms in total. The predicted molar refractivity (Wildman–Crippen MR) is 92.8 cm³/mol. The van der Waals surface area contributed by atoms with E-state index < -0.39 is 0 Å². The summed E-state index contributed by atoms with van der Waals surface area (Å²) in [5, 5.41) is 0.864.